The number of sulfonamides is 1. The second-order valence-electron chi connectivity index (χ2n) is 5.30. The number of pyridine rings is 1. The Morgan fingerprint density at radius 1 is 1.37 bits per heavy atom. The van der Waals surface area contributed by atoms with Gasteiger partial charge < -0.3 is 5.73 Å². The van der Waals surface area contributed by atoms with Crippen LogP contribution in [0.2, 0.25) is 0 Å². The summed E-state index contributed by atoms with van der Waals surface area (Å²) in [4.78, 5) is 4.32. The summed E-state index contributed by atoms with van der Waals surface area (Å²) in [6, 6.07) is 3.26. The Bertz CT molecular complexity index is 527. The van der Waals surface area contributed by atoms with E-state index in [1.165, 1.54) is 6.20 Å². The molecule has 1 saturated heterocycles. The van der Waals surface area contributed by atoms with Crippen LogP contribution in [0.4, 0.5) is 0 Å². The lowest BCUT2D eigenvalue weighted by Crippen LogP contribution is -2.42. The van der Waals surface area contributed by atoms with Crippen molar-refractivity contribution in [2.75, 3.05) is 13.1 Å². The van der Waals surface area contributed by atoms with Gasteiger partial charge in [-0.25, -0.2) is 8.42 Å². The molecule has 2 N–H and O–H groups in total. The fraction of sp³-hybridized carbons (Fsp3) is 0.615. The van der Waals surface area contributed by atoms with Gasteiger partial charge in [-0.2, -0.15) is 4.31 Å². The Labute approximate surface area is 114 Å². The first kappa shape index (κ1) is 14.4. The maximum absolute atomic E-state index is 12.5. The van der Waals surface area contributed by atoms with Crippen molar-refractivity contribution in [1.29, 1.82) is 0 Å². The molecule has 2 rings (SSSR count). The molecule has 1 aromatic rings. The van der Waals surface area contributed by atoms with Crippen LogP contribution in [0.3, 0.4) is 0 Å². The number of hydrogen-bond acceptors (Lipinski definition) is 4. The zero-order chi connectivity index (χ0) is 14.0. The highest BCUT2D eigenvalue weighted by atomic mass is 32.2. The first-order valence-electron chi connectivity index (χ1n) is 6.60. The summed E-state index contributed by atoms with van der Waals surface area (Å²) in [5.74, 6) is 0.962. The summed E-state index contributed by atoms with van der Waals surface area (Å²) in [6.45, 7) is 5.77. The lowest BCUT2D eigenvalue weighted by Gasteiger charge is -2.34. The van der Waals surface area contributed by atoms with E-state index in [1.807, 2.05) is 0 Å². The van der Waals surface area contributed by atoms with E-state index in [9.17, 15) is 8.42 Å². The fourth-order valence-corrected chi connectivity index (χ4v) is 3.78. The zero-order valence-corrected chi connectivity index (χ0v) is 12.2. The molecule has 0 amide bonds. The molecule has 0 aliphatic carbocycles. The van der Waals surface area contributed by atoms with Crippen LogP contribution in [0.1, 0.15) is 26.0 Å². The Morgan fingerprint density at radius 2 is 2.11 bits per heavy atom. The van der Waals surface area contributed by atoms with Gasteiger partial charge >= 0.3 is 0 Å². The summed E-state index contributed by atoms with van der Waals surface area (Å²) < 4.78 is 26.6. The van der Waals surface area contributed by atoms with E-state index in [0.717, 1.165) is 6.42 Å². The number of nitrogens with zero attached hydrogens (tertiary/aromatic N) is 2. The molecule has 1 fully saturated rings. The van der Waals surface area contributed by atoms with Gasteiger partial charge in [0.2, 0.25) is 10.0 Å². The monoisotopic (exact) mass is 283 g/mol. The predicted molar refractivity (Wildman–Crippen MR) is 73.8 cm³/mol. The van der Waals surface area contributed by atoms with Crippen LogP contribution in [0.25, 0.3) is 0 Å². The molecule has 0 saturated carbocycles. The summed E-state index contributed by atoms with van der Waals surface area (Å²) in [5.41, 5.74) is 6.16. The summed E-state index contributed by atoms with van der Waals surface area (Å²) in [7, 11) is -3.41. The van der Waals surface area contributed by atoms with Crippen molar-refractivity contribution in [3.8, 4) is 0 Å². The number of nitrogens with two attached hydrogens (primary N) is 1. The lowest BCUT2D eigenvalue weighted by atomic mass is 9.90. The number of piperidine rings is 1. The molecule has 6 heteroatoms. The Hall–Kier alpha value is -0.980. The predicted octanol–water partition coefficient (Wildman–Crippen LogP) is 1.21. The van der Waals surface area contributed by atoms with Gasteiger partial charge in [0.05, 0.1) is 5.69 Å². The third-order valence-electron chi connectivity index (χ3n) is 3.94. The van der Waals surface area contributed by atoms with Gasteiger partial charge in [-0.1, -0.05) is 13.8 Å². The standard InChI is InChI=1S/C13H21N3O2S/c1-10-5-6-16(9-11(10)2)19(17,18)13-4-3-12(7-14)15-8-13/h3-4,8,10-11H,5-7,9,14H2,1-2H3. The van der Waals surface area contributed by atoms with Crippen molar-refractivity contribution in [1.82, 2.24) is 9.29 Å². The van der Waals surface area contributed by atoms with Gasteiger partial charge in [0, 0.05) is 25.8 Å². The first-order chi connectivity index (χ1) is 8.95. The largest absolute Gasteiger partial charge is 0.325 e. The normalized spacial score (nSPS) is 25.4. The SMILES string of the molecule is CC1CCN(S(=O)(=O)c2ccc(CN)nc2)CC1C. The average molecular weight is 283 g/mol. The number of rotatable bonds is 3. The quantitative estimate of drug-likeness (QED) is 0.904. The maximum Gasteiger partial charge on any atom is 0.244 e. The Kier molecular flexibility index (Phi) is 4.23. The van der Waals surface area contributed by atoms with Crippen molar-refractivity contribution in [2.45, 2.75) is 31.7 Å². The van der Waals surface area contributed by atoms with Gasteiger partial charge in [0.25, 0.3) is 0 Å². The van der Waals surface area contributed by atoms with Crippen LogP contribution >= 0.6 is 0 Å². The minimum Gasteiger partial charge on any atom is -0.325 e. The topological polar surface area (TPSA) is 76.3 Å². The smallest absolute Gasteiger partial charge is 0.244 e. The van der Waals surface area contributed by atoms with Crippen LogP contribution in [0.15, 0.2) is 23.2 Å². The molecule has 2 heterocycles. The van der Waals surface area contributed by atoms with Gasteiger partial charge in [0.1, 0.15) is 4.90 Å². The van der Waals surface area contributed by atoms with Crippen LogP contribution < -0.4 is 5.73 Å². The minimum atomic E-state index is -3.41. The van der Waals surface area contributed by atoms with Crippen LogP contribution in [-0.2, 0) is 16.6 Å². The van der Waals surface area contributed by atoms with Crippen molar-refractivity contribution in [3.63, 3.8) is 0 Å². The van der Waals surface area contributed by atoms with Crippen LogP contribution in [0.5, 0.6) is 0 Å². The highest BCUT2D eigenvalue weighted by Gasteiger charge is 2.31. The highest BCUT2D eigenvalue weighted by Crippen LogP contribution is 2.27. The van der Waals surface area contributed by atoms with Gasteiger partial charge in [0.15, 0.2) is 0 Å². The van der Waals surface area contributed by atoms with E-state index in [-0.39, 0.29) is 4.90 Å². The second-order valence-corrected chi connectivity index (χ2v) is 7.23. The molecule has 0 bridgehead atoms. The van der Waals surface area contributed by atoms with E-state index in [0.29, 0.717) is 37.2 Å². The number of aromatic nitrogens is 1. The third-order valence-corrected chi connectivity index (χ3v) is 5.79. The average Bonchev–Trinajstić information content (AvgIpc) is 2.41. The van der Waals surface area contributed by atoms with E-state index in [1.54, 1.807) is 16.4 Å². The summed E-state index contributed by atoms with van der Waals surface area (Å²) in [6.07, 6.45) is 2.31. The van der Waals surface area contributed by atoms with Gasteiger partial charge in [-0.3, -0.25) is 4.98 Å². The molecule has 1 aromatic heterocycles. The molecule has 2 unspecified atom stereocenters. The molecule has 5 nitrogen and oxygen atoms in total. The second kappa shape index (κ2) is 5.56. The van der Waals surface area contributed by atoms with Crippen LogP contribution in [-0.4, -0.2) is 30.8 Å². The Balaban J connectivity index is 2.21. The number of hydrogen-bond donors (Lipinski definition) is 1. The molecule has 19 heavy (non-hydrogen) atoms. The first-order valence-corrected chi connectivity index (χ1v) is 8.04. The lowest BCUT2D eigenvalue weighted by molar-refractivity contribution is 0.212. The molecule has 1 aliphatic heterocycles. The molecular formula is C13H21N3O2S. The maximum atomic E-state index is 12.5. The fourth-order valence-electron chi connectivity index (χ4n) is 2.28. The molecule has 0 radical (unpaired) electrons. The zero-order valence-electron chi connectivity index (χ0n) is 11.4. The molecule has 0 aromatic carbocycles. The summed E-state index contributed by atoms with van der Waals surface area (Å²) >= 11 is 0. The third kappa shape index (κ3) is 2.96. The van der Waals surface area contributed by atoms with Gasteiger partial charge in [-0.05, 0) is 30.4 Å². The van der Waals surface area contributed by atoms with E-state index < -0.39 is 10.0 Å². The molecule has 2 atom stereocenters. The minimum absolute atomic E-state index is 0.256. The van der Waals surface area contributed by atoms with Gasteiger partial charge in [-0.15, -0.1) is 0 Å². The van der Waals surface area contributed by atoms with E-state index >= 15 is 0 Å². The molecular weight excluding hydrogens is 262 g/mol. The summed E-state index contributed by atoms with van der Waals surface area (Å²) in [5, 5.41) is 0. The Morgan fingerprint density at radius 3 is 2.63 bits per heavy atom. The van der Waals surface area contributed by atoms with Crippen LogP contribution in [0, 0.1) is 11.8 Å². The van der Waals surface area contributed by atoms with Crippen molar-refractivity contribution >= 4 is 10.0 Å². The van der Waals surface area contributed by atoms with Crippen molar-refractivity contribution in [2.24, 2.45) is 17.6 Å². The van der Waals surface area contributed by atoms with E-state index in [2.05, 4.69) is 18.8 Å². The molecule has 0 spiro atoms. The van der Waals surface area contributed by atoms with E-state index in [4.69, 9.17) is 5.73 Å². The van der Waals surface area contributed by atoms with Crippen molar-refractivity contribution in [3.05, 3.63) is 24.0 Å². The highest BCUT2D eigenvalue weighted by molar-refractivity contribution is 7.89. The molecule has 106 valence electrons. The molecule has 1 aliphatic rings. The van der Waals surface area contributed by atoms with Crippen molar-refractivity contribution < 1.29 is 8.42 Å².